The van der Waals surface area contributed by atoms with Gasteiger partial charge in [-0.15, -0.1) is 0 Å². The van der Waals surface area contributed by atoms with E-state index < -0.39 is 0 Å². The maximum atomic E-state index is 12.5. The molecule has 1 aromatic carbocycles. The van der Waals surface area contributed by atoms with Gasteiger partial charge in [-0.2, -0.15) is 0 Å². The maximum Gasteiger partial charge on any atom is 0.161 e. The summed E-state index contributed by atoms with van der Waals surface area (Å²) in [6.45, 7) is 0. The molecule has 1 aliphatic carbocycles. The number of aromatic nitrogens is 1. The van der Waals surface area contributed by atoms with E-state index in [1.807, 2.05) is 24.3 Å². The Kier molecular flexibility index (Phi) is 2.85. The highest BCUT2D eigenvalue weighted by Crippen LogP contribution is 2.44. The molecule has 1 N–H and O–H groups in total. The molecule has 3 nitrogen and oxygen atoms in total. The van der Waals surface area contributed by atoms with Crippen LogP contribution in [0.5, 0.6) is 0 Å². The molecule has 0 spiro atoms. The number of hydrogen-bond donors (Lipinski definition) is 1. The van der Waals surface area contributed by atoms with Gasteiger partial charge >= 0.3 is 0 Å². The third kappa shape index (κ3) is 1.97. The van der Waals surface area contributed by atoms with Gasteiger partial charge in [-0.05, 0) is 24.5 Å². The molecule has 0 bridgehead atoms. The summed E-state index contributed by atoms with van der Waals surface area (Å²) in [4.78, 5) is 17.0. The molecule has 2 aliphatic rings. The number of ketones is 1. The molecule has 0 radical (unpaired) electrons. The Bertz CT molecular complexity index is 734. The van der Waals surface area contributed by atoms with Crippen LogP contribution in [0.1, 0.15) is 36.3 Å². The number of nitrogens with zero attached hydrogens (tertiary/aromatic N) is 1. The van der Waals surface area contributed by atoms with Crippen molar-refractivity contribution < 1.29 is 4.79 Å². The Hall–Kier alpha value is -2.42. The van der Waals surface area contributed by atoms with Crippen molar-refractivity contribution in [3.63, 3.8) is 0 Å². The summed E-state index contributed by atoms with van der Waals surface area (Å²) in [7, 11) is 0. The van der Waals surface area contributed by atoms with Gasteiger partial charge in [0.2, 0.25) is 0 Å². The molecule has 0 saturated carbocycles. The Morgan fingerprint density at radius 2 is 1.90 bits per heavy atom. The Morgan fingerprint density at radius 1 is 1.05 bits per heavy atom. The summed E-state index contributed by atoms with van der Waals surface area (Å²) in [5.74, 6) is 1.17. The first-order chi connectivity index (χ1) is 10.3. The number of benzene rings is 1. The molecule has 0 fully saturated rings. The molecule has 104 valence electrons. The fraction of sp³-hybridized carbons (Fsp3) is 0.222. The molecule has 1 aromatic heterocycles. The van der Waals surface area contributed by atoms with Crippen LogP contribution in [0.25, 0.3) is 0 Å². The first-order valence-corrected chi connectivity index (χ1v) is 7.38. The highest BCUT2D eigenvalue weighted by Gasteiger charge is 2.35. The predicted octanol–water partition coefficient (Wildman–Crippen LogP) is 3.65. The fourth-order valence-electron chi connectivity index (χ4n) is 3.37. The van der Waals surface area contributed by atoms with Gasteiger partial charge in [-0.1, -0.05) is 36.4 Å². The largest absolute Gasteiger partial charge is 0.343 e. The summed E-state index contributed by atoms with van der Waals surface area (Å²) in [5.41, 5.74) is 4.26. The van der Waals surface area contributed by atoms with Crippen molar-refractivity contribution in [3.8, 4) is 0 Å². The van der Waals surface area contributed by atoms with E-state index >= 15 is 0 Å². The zero-order valence-electron chi connectivity index (χ0n) is 11.7. The molecule has 4 rings (SSSR count). The lowest BCUT2D eigenvalue weighted by atomic mass is 9.76. The van der Waals surface area contributed by atoms with Gasteiger partial charge < -0.3 is 5.32 Å². The minimum absolute atomic E-state index is 0.0129. The molecule has 0 amide bonds. The van der Waals surface area contributed by atoms with Gasteiger partial charge in [0, 0.05) is 35.4 Å². The molecular weight excluding hydrogens is 260 g/mol. The number of allylic oxidation sites excluding steroid dienone is 2. The summed E-state index contributed by atoms with van der Waals surface area (Å²) < 4.78 is 0. The SMILES string of the molecule is O=C1CCCC2=C1C(c1ccccc1)c1cccnc1N2. The van der Waals surface area contributed by atoms with E-state index in [1.165, 1.54) is 0 Å². The molecule has 2 aromatic rings. The highest BCUT2D eigenvalue weighted by molar-refractivity contribution is 6.00. The van der Waals surface area contributed by atoms with Crippen LogP contribution >= 0.6 is 0 Å². The normalized spacial score (nSPS) is 20.6. The molecule has 2 heterocycles. The summed E-state index contributed by atoms with van der Waals surface area (Å²) in [5, 5.41) is 3.38. The second-order valence-electron chi connectivity index (χ2n) is 5.58. The van der Waals surface area contributed by atoms with Crippen LogP contribution in [-0.2, 0) is 4.79 Å². The molecule has 1 atom stereocenters. The fourth-order valence-corrected chi connectivity index (χ4v) is 3.37. The first-order valence-electron chi connectivity index (χ1n) is 7.38. The van der Waals surface area contributed by atoms with Crippen molar-refractivity contribution in [2.24, 2.45) is 0 Å². The Labute approximate surface area is 123 Å². The second-order valence-corrected chi connectivity index (χ2v) is 5.58. The van der Waals surface area contributed by atoms with Crippen molar-refractivity contribution in [3.05, 3.63) is 71.1 Å². The van der Waals surface area contributed by atoms with E-state index in [1.54, 1.807) is 6.20 Å². The molecule has 1 aliphatic heterocycles. The smallest absolute Gasteiger partial charge is 0.161 e. The van der Waals surface area contributed by atoms with Crippen LogP contribution in [0.4, 0.5) is 5.82 Å². The van der Waals surface area contributed by atoms with Gasteiger partial charge in [-0.3, -0.25) is 4.79 Å². The van der Waals surface area contributed by atoms with Gasteiger partial charge in [0.25, 0.3) is 0 Å². The van der Waals surface area contributed by atoms with Crippen LogP contribution in [-0.4, -0.2) is 10.8 Å². The highest BCUT2D eigenvalue weighted by atomic mass is 16.1. The average molecular weight is 276 g/mol. The van der Waals surface area contributed by atoms with E-state index in [9.17, 15) is 4.79 Å². The van der Waals surface area contributed by atoms with E-state index in [0.717, 1.165) is 41.1 Å². The lowest BCUT2D eigenvalue weighted by Crippen LogP contribution is -2.27. The van der Waals surface area contributed by atoms with Crippen molar-refractivity contribution >= 4 is 11.6 Å². The van der Waals surface area contributed by atoms with Gasteiger partial charge in [-0.25, -0.2) is 4.98 Å². The third-order valence-electron chi connectivity index (χ3n) is 4.30. The van der Waals surface area contributed by atoms with Crippen molar-refractivity contribution in [2.45, 2.75) is 25.2 Å². The summed E-state index contributed by atoms with van der Waals surface area (Å²) in [6.07, 6.45) is 4.30. The molecule has 3 heteroatoms. The summed E-state index contributed by atoms with van der Waals surface area (Å²) in [6, 6.07) is 14.3. The number of pyridine rings is 1. The quantitative estimate of drug-likeness (QED) is 0.864. The Morgan fingerprint density at radius 3 is 2.76 bits per heavy atom. The molecule has 1 unspecified atom stereocenters. The lowest BCUT2D eigenvalue weighted by Gasteiger charge is -2.33. The molecule has 0 saturated heterocycles. The lowest BCUT2D eigenvalue weighted by molar-refractivity contribution is -0.116. The van der Waals surface area contributed by atoms with Gasteiger partial charge in [0.15, 0.2) is 5.78 Å². The number of hydrogen-bond acceptors (Lipinski definition) is 3. The monoisotopic (exact) mass is 276 g/mol. The van der Waals surface area contributed by atoms with Crippen LogP contribution in [0.2, 0.25) is 0 Å². The maximum absolute atomic E-state index is 12.5. The van der Waals surface area contributed by atoms with Crippen molar-refractivity contribution in [2.75, 3.05) is 5.32 Å². The van der Waals surface area contributed by atoms with E-state index in [2.05, 4.69) is 28.5 Å². The average Bonchev–Trinajstić information content (AvgIpc) is 2.54. The zero-order chi connectivity index (χ0) is 14.2. The van der Waals surface area contributed by atoms with Crippen LogP contribution in [0.15, 0.2) is 59.9 Å². The van der Waals surface area contributed by atoms with E-state index in [-0.39, 0.29) is 11.7 Å². The number of nitrogens with one attached hydrogen (secondary N) is 1. The standard InChI is InChI=1S/C18H16N2O/c21-15-10-4-9-14-17(15)16(12-6-2-1-3-7-12)13-8-5-11-19-18(13)20-14/h1-3,5-8,11,16H,4,9-10H2,(H,19,20). The number of Topliss-reactive ketones (excluding diaryl/α,β-unsaturated/α-hetero) is 1. The van der Waals surface area contributed by atoms with E-state index in [4.69, 9.17) is 0 Å². The van der Waals surface area contributed by atoms with Crippen LogP contribution < -0.4 is 5.32 Å². The van der Waals surface area contributed by atoms with Crippen LogP contribution in [0.3, 0.4) is 0 Å². The third-order valence-corrected chi connectivity index (χ3v) is 4.30. The second kappa shape index (κ2) is 4.85. The minimum atomic E-state index is 0.0129. The predicted molar refractivity (Wildman–Crippen MR) is 82.0 cm³/mol. The van der Waals surface area contributed by atoms with Crippen LogP contribution in [0, 0.1) is 0 Å². The topological polar surface area (TPSA) is 42.0 Å². The zero-order valence-corrected chi connectivity index (χ0v) is 11.7. The van der Waals surface area contributed by atoms with Gasteiger partial charge in [0.1, 0.15) is 5.82 Å². The minimum Gasteiger partial charge on any atom is -0.343 e. The first kappa shape index (κ1) is 12.3. The number of rotatable bonds is 1. The van der Waals surface area contributed by atoms with E-state index in [0.29, 0.717) is 6.42 Å². The summed E-state index contributed by atoms with van der Waals surface area (Å²) >= 11 is 0. The Balaban J connectivity index is 1.95. The number of fused-ring (bicyclic) bond motifs is 1. The molecular formula is C18H16N2O. The number of carbonyl (C=O) groups is 1. The molecule has 21 heavy (non-hydrogen) atoms. The number of anilines is 1. The van der Waals surface area contributed by atoms with Crippen molar-refractivity contribution in [1.29, 1.82) is 0 Å². The van der Waals surface area contributed by atoms with Gasteiger partial charge in [0.05, 0.1) is 0 Å². The number of carbonyl (C=O) groups excluding carboxylic acids is 1. The van der Waals surface area contributed by atoms with Crippen molar-refractivity contribution in [1.82, 2.24) is 4.98 Å².